The van der Waals surface area contributed by atoms with E-state index in [2.05, 4.69) is 234 Å². The van der Waals surface area contributed by atoms with E-state index in [-0.39, 0.29) is 25.7 Å². The SMILES string of the molecule is CC/C=C\C/C=C\C/C=C\C/C=C\C/C=C\CCCCCC(=O)OCC(COP(=O)(O)OCC(O)COP(=O)(O)OCC(COC(=O)CCCCCC/C=C\C/C=C\C/C=C\C/C=C\CC)OC(=O)CCCCCCCCC/C=C\C/C=C\C/C=C\CC)OC(=O)CCCCC/C=C\C/C=C\C/C=C\C/C=C\C/C=C\CC. The van der Waals surface area contributed by atoms with Gasteiger partial charge in [-0.1, -0.05) is 292 Å². The van der Waals surface area contributed by atoms with Gasteiger partial charge in [0.2, 0.25) is 0 Å². The summed E-state index contributed by atoms with van der Waals surface area (Å²) in [5, 5.41) is 10.7. The number of hydrogen-bond acceptors (Lipinski definition) is 15. The highest BCUT2D eigenvalue weighted by Crippen LogP contribution is 2.45. The fourth-order valence-corrected chi connectivity index (χ4v) is 12.0. The number of esters is 4. The van der Waals surface area contributed by atoms with E-state index in [1.807, 2.05) is 0 Å². The maximum Gasteiger partial charge on any atom is 0.472 e. The maximum atomic E-state index is 13.2. The standard InChI is InChI=1S/C93H148O17P2/c1-5-9-13-17-21-25-29-33-37-41-43-47-50-54-58-62-66-70-74-78-91(96)104-84-89(110-93(98)80-76-72-68-64-60-56-52-48-44-42-38-34-30-26-22-18-14-10-6-2)86-108-112(101,102)106-82-87(94)81-105-111(99,100)107-85-88(109-92(97)79-75-71-67-63-59-55-51-46-40-36-32-28-24-20-16-12-8-4)83-103-90(95)77-73-69-65-61-57-53-49-45-39-35-31-27-23-19-15-11-7-3/h9-16,21-28,33-40,43-44,47-49,53-54,56,58,60,87-89,94H,5-8,17-20,29-32,41-42,45-46,50-52,55,57,59,61-86H2,1-4H3,(H,99,100)(H,101,102)/b13-9-,14-10-,15-11-,16-12-,25-21-,26-22-,27-23-,28-24-,37-33-,38-34-,39-35-,40-36-,47-43-,48-44-,53-49-,58-54-,60-56-. The van der Waals surface area contributed by atoms with Crippen molar-refractivity contribution in [3.63, 3.8) is 0 Å². The first-order chi connectivity index (χ1) is 54.7. The van der Waals surface area contributed by atoms with Gasteiger partial charge in [-0.15, -0.1) is 0 Å². The third kappa shape index (κ3) is 81.6. The van der Waals surface area contributed by atoms with Crippen LogP contribution >= 0.6 is 15.6 Å². The Balaban J connectivity index is 5.52. The first kappa shape index (κ1) is 106. The van der Waals surface area contributed by atoms with Crippen LogP contribution in [0, 0.1) is 0 Å². The molecule has 0 aliphatic carbocycles. The molecular weight excluding hydrogens is 1450 g/mol. The number of ether oxygens (including phenoxy) is 4. The Morgan fingerprint density at radius 1 is 0.250 bits per heavy atom. The zero-order valence-corrected chi connectivity index (χ0v) is 71.0. The van der Waals surface area contributed by atoms with Gasteiger partial charge in [-0.25, -0.2) is 9.13 Å². The van der Waals surface area contributed by atoms with Crippen LogP contribution in [0.15, 0.2) is 207 Å². The quantitative estimate of drug-likeness (QED) is 0.0169. The number of phosphoric acid groups is 2. The van der Waals surface area contributed by atoms with E-state index in [1.54, 1.807) is 0 Å². The van der Waals surface area contributed by atoms with E-state index in [4.69, 9.17) is 37.0 Å². The molecule has 5 unspecified atom stereocenters. The Morgan fingerprint density at radius 2 is 0.438 bits per heavy atom. The highest BCUT2D eigenvalue weighted by Gasteiger charge is 2.30. The fraction of sp³-hybridized carbons (Fsp3) is 0.591. The maximum absolute atomic E-state index is 13.2. The molecule has 0 aromatic rings. The predicted octanol–water partition coefficient (Wildman–Crippen LogP) is 25.4. The molecule has 0 radical (unpaired) electrons. The van der Waals surface area contributed by atoms with Crippen LogP contribution in [0.3, 0.4) is 0 Å². The van der Waals surface area contributed by atoms with Crippen LogP contribution in [0.5, 0.6) is 0 Å². The molecule has 0 saturated carbocycles. The number of carbonyl (C=O) groups excluding carboxylic acids is 4. The highest BCUT2D eigenvalue weighted by atomic mass is 31.2. The molecular formula is C93H148O17P2. The normalized spacial score (nSPS) is 14.8. The van der Waals surface area contributed by atoms with Crippen molar-refractivity contribution in [2.75, 3.05) is 39.6 Å². The molecule has 0 aromatic heterocycles. The number of phosphoric ester groups is 2. The van der Waals surface area contributed by atoms with Crippen LogP contribution in [0.1, 0.15) is 297 Å². The van der Waals surface area contributed by atoms with E-state index in [1.165, 1.54) is 0 Å². The van der Waals surface area contributed by atoms with Crippen LogP contribution in [-0.4, -0.2) is 96.7 Å². The highest BCUT2D eigenvalue weighted by molar-refractivity contribution is 7.47. The molecule has 112 heavy (non-hydrogen) atoms. The zero-order chi connectivity index (χ0) is 81.7. The summed E-state index contributed by atoms with van der Waals surface area (Å²) in [6.07, 6.45) is 104. The Morgan fingerprint density at radius 3 is 0.679 bits per heavy atom. The summed E-state index contributed by atoms with van der Waals surface area (Å²) in [7, 11) is -10.0. The number of unbranched alkanes of at least 4 members (excludes halogenated alkanes) is 17. The summed E-state index contributed by atoms with van der Waals surface area (Å²) in [6.45, 7) is 4.30. The minimum absolute atomic E-state index is 0.0387. The van der Waals surface area contributed by atoms with E-state index < -0.39 is 97.5 Å². The van der Waals surface area contributed by atoms with Crippen molar-refractivity contribution in [3.05, 3.63) is 207 Å². The molecule has 19 heteroatoms. The molecule has 632 valence electrons. The van der Waals surface area contributed by atoms with Gasteiger partial charge < -0.3 is 33.8 Å². The molecule has 0 heterocycles. The largest absolute Gasteiger partial charge is 0.472 e. The number of allylic oxidation sites excluding steroid dienone is 34. The smallest absolute Gasteiger partial charge is 0.462 e. The first-order valence-corrected chi connectivity index (χ1v) is 45.3. The predicted molar refractivity (Wildman–Crippen MR) is 463 cm³/mol. The third-order valence-electron chi connectivity index (χ3n) is 16.7. The van der Waals surface area contributed by atoms with Crippen LogP contribution in [0.25, 0.3) is 0 Å². The second-order valence-electron chi connectivity index (χ2n) is 27.2. The monoisotopic (exact) mass is 1600 g/mol. The Labute approximate surface area is 678 Å². The molecule has 0 amide bonds. The Bertz CT molecular complexity index is 2940. The van der Waals surface area contributed by atoms with Crippen molar-refractivity contribution in [2.45, 2.75) is 316 Å². The molecule has 0 fully saturated rings. The van der Waals surface area contributed by atoms with Crippen molar-refractivity contribution < 1.29 is 80.2 Å². The molecule has 0 saturated heterocycles. The molecule has 0 spiro atoms. The van der Waals surface area contributed by atoms with E-state index >= 15 is 0 Å². The van der Waals surface area contributed by atoms with Crippen molar-refractivity contribution >= 4 is 39.5 Å². The van der Waals surface area contributed by atoms with E-state index in [9.17, 15) is 43.2 Å². The van der Waals surface area contributed by atoms with Crippen molar-refractivity contribution in [1.29, 1.82) is 0 Å². The number of rotatable bonds is 77. The van der Waals surface area contributed by atoms with Gasteiger partial charge in [0.15, 0.2) is 12.2 Å². The molecule has 0 aromatic carbocycles. The van der Waals surface area contributed by atoms with Crippen LogP contribution < -0.4 is 0 Å². The zero-order valence-electron chi connectivity index (χ0n) is 69.3. The van der Waals surface area contributed by atoms with Crippen molar-refractivity contribution in [2.24, 2.45) is 0 Å². The van der Waals surface area contributed by atoms with Gasteiger partial charge in [-0.2, -0.15) is 0 Å². The minimum Gasteiger partial charge on any atom is -0.462 e. The second-order valence-corrected chi connectivity index (χ2v) is 30.1. The van der Waals surface area contributed by atoms with Gasteiger partial charge in [-0.3, -0.25) is 37.3 Å². The Hall–Kier alpha value is -6.36. The first-order valence-electron chi connectivity index (χ1n) is 42.3. The van der Waals surface area contributed by atoms with Gasteiger partial charge >= 0.3 is 39.5 Å². The summed E-state index contributed by atoms with van der Waals surface area (Å²) in [5.74, 6) is -2.30. The number of hydrogen-bond donors (Lipinski definition) is 3. The van der Waals surface area contributed by atoms with Crippen molar-refractivity contribution in [1.82, 2.24) is 0 Å². The minimum atomic E-state index is -5.01. The molecule has 0 rings (SSSR count). The van der Waals surface area contributed by atoms with Crippen LogP contribution in [0.2, 0.25) is 0 Å². The summed E-state index contributed by atoms with van der Waals surface area (Å²) in [5.41, 5.74) is 0. The number of carbonyl (C=O) groups is 4. The van der Waals surface area contributed by atoms with Crippen LogP contribution in [-0.2, 0) is 65.4 Å². The summed E-state index contributed by atoms with van der Waals surface area (Å²) in [4.78, 5) is 73.3. The molecule has 17 nitrogen and oxygen atoms in total. The topological polar surface area (TPSA) is 237 Å². The molecule has 0 aliphatic rings. The van der Waals surface area contributed by atoms with Gasteiger partial charge in [-0.05, 0) is 186 Å². The molecule has 5 atom stereocenters. The van der Waals surface area contributed by atoms with Gasteiger partial charge in [0.25, 0.3) is 0 Å². The summed E-state index contributed by atoms with van der Waals surface area (Å²) in [6, 6.07) is 0. The van der Waals surface area contributed by atoms with E-state index in [0.717, 1.165) is 218 Å². The van der Waals surface area contributed by atoms with Crippen LogP contribution in [0.4, 0.5) is 0 Å². The average Bonchev–Trinajstić information content (AvgIpc) is 0.898. The van der Waals surface area contributed by atoms with Crippen molar-refractivity contribution in [3.8, 4) is 0 Å². The Kier molecular flexibility index (Phi) is 77.9. The molecule has 3 N–H and O–H groups in total. The summed E-state index contributed by atoms with van der Waals surface area (Å²) < 4.78 is 68.8. The van der Waals surface area contributed by atoms with Gasteiger partial charge in [0.1, 0.15) is 19.3 Å². The lowest BCUT2D eigenvalue weighted by Crippen LogP contribution is -2.30. The lowest BCUT2D eigenvalue weighted by molar-refractivity contribution is -0.161. The average molecular weight is 1600 g/mol. The van der Waals surface area contributed by atoms with Gasteiger partial charge in [0.05, 0.1) is 26.4 Å². The molecule has 0 bridgehead atoms. The second kappa shape index (κ2) is 82.6. The van der Waals surface area contributed by atoms with E-state index in [0.29, 0.717) is 25.7 Å². The fourth-order valence-electron chi connectivity index (χ4n) is 10.5. The number of aliphatic hydroxyl groups is 1. The lowest BCUT2D eigenvalue weighted by Gasteiger charge is -2.21. The lowest BCUT2D eigenvalue weighted by atomic mass is 10.1. The third-order valence-corrected chi connectivity index (χ3v) is 18.6. The van der Waals surface area contributed by atoms with Gasteiger partial charge in [0, 0.05) is 25.7 Å². The number of aliphatic hydroxyl groups excluding tert-OH is 1. The molecule has 0 aliphatic heterocycles. The summed E-state index contributed by atoms with van der Waals surface area (Å²) >= 11 is 0.